The Balaban J connectivity index is 1.52. The van der Waals surface area contributed by atoms with Crippen LogP contribution in [0, 0.1) is 10.1 Å². The molecule has 1 aliphatic heterocycles. The number of aromatic nitrogens is 1. The number of rotatable bonds is 6. The minimum Gasteiger partial charge on any atom is -0.494 e. The Hall–Kier alpha value is -3.73. The first-order chi connectivity index (χ1) is 15.9. The number of nitro groups is 1. The summed E-state index contributed by atoms with van der Waals surface area (Å²) in [6, 6.07) is 9.92. The third kappa shape index (κ3) is 4.87. The molecular weight excluding hydrogens is 446 g/mol. The van der Waals surface area contributed by atoms with Crippen molar-refractivity contribution in [1.82, 2.24) is 9.88 Å². The van der Waals surface area contributed by atoms with Gasteiger partial charge in [0.25, 0.3) is 11.6 Å². The van der Waals surface area contributed by atoms with Crippen LogP contribution in [-0.2, 0) is 4.79 Å². The predicted molar refractivity (Wildman–Crippen MR) is 126 cm³/mol. The van der Waals surface area contributed by atoms with E-state index in [2.05, 4.69) is 10.3 Å². The molecule has 10 nitrogen and oxygen atoms in total. The maximum atomic E-state index is 12.8. The van der Waals surface area contributed by atoms with Crippen molar-refractivity contribution in [2.45, 2.75) is 13.8 Å². The lowest BCUT2D eigenvalue weighted by Crippen LogP contribution is -2.48. The summed E-state index contributed by atoms with van der Waals surface area (Å²) in [6.07, 6.45) is 0. The lowest BCUT2D eigenvalue weighted by molar-refractivity contribution is -0.384. The van der Waals surface area contributed by atoms with E-state index < -0.39 is 10.8 Å². The van der Waals surface area contributed by atoms with E-state index in [-0.39, 0.29) is 17.2 Å². The quantitative estimate of drug-likeness (QED) is 0.433. The number of benzene rings is 2. The molecule has 0 spiro atoms. The van der Waals surface area contributed by atoms with Crippen LogP contribution in [0.3, 0.4) is 0 Å². The number of anilines is 2. The van der Waals surface area contributed by atoms with Gasteiger partial charge in [0.15, 0.2) is 5.13 Å². The van der Waals surface area contributed by atoms with Crippen molar-refractivity contribution in [3.05, 3.63) is 52.1 Å². The number of thiazole rings is 1. The van der Waals surface area contributed by atoms with Gasteiger partial charge >= 0.3 is 0 Å². The second-order valence-corrected chi connectivity index (χ2v) is 8.52. The van der Waals surface area contributed by atoms with Gasteiger partial charge < -0.3 is 14.5 Å². The summed E-state index contributed by atoms with van der Waals surface area (Å²) in [6.45, 7) is 5.93. The number of nitro benzene ring substituents is 1. The summed E-state index contributed by atoms with van der Waals surface area (Å²) >= 11 is 1.30. The fourth-order valence-electron chi connectivity index (χ4n) is 3.72. The summed E-state index contributed by atoms with van der Waals surface area (Å²) in [4.78, 5) is 43.5. The zero-order valence-electron chi connectivity index (χ0n) is 18.2. The average Bonchev–Trinajstić information content (AvgIpc) is 3.20. The van der Waals surface area contributed by atoms with E-state index in [1.165, 1.54) is 24.3 Å². The molecule has 0 saturated carbocycles. The van der Waals surface area contributed by atoms with Crippen molar-refractivity contribution in [2.24, 2.45) is 0 Å². The van der Waals surface area contributed by atoms with Crippen LogP contribution in [0.4, 0.5) is 16.5 Å². The van der Waals surface area contributed by atoms with Gasteiger partial charge in [-0.05, 0) is 37.3 Å². The zero-order chi connectivity index (χ0) is 23.5. The molecule has 1 aromatic heterocycles. The van der Waals surface area contributed by atoms with Gasteiger partial charge in [0.2, 0.25) is 5.91 Å². The van der Waals surface area contributed by atoms with E-state index in [9.17, 15) is 19.7 Å². The molecule has 1 N–H and O–H groups in total. The molecular formula is C22H23N5O5S. The zero-order valence-corrected chi connectivity index (χ0v) is 19.1. The number of amides is 2. The molecule has 172 valence electrons. The molecule has 2 amide bonds. The molecule has 0 aliphatic carbocycles. The second-order valence-electron chi connectivity index (χ2n) is 7.49. The molecule has 11 heteroatoms. The Morgan fingerprint density at radius 2 is 1.94 bits per heavy atom. The van der Waals surface area contributed by atoms with Gasteiger partial charge in [-0.2, -0.15) is 0 Å². The third-order valence-corrected chi connectivity index (χ3v) is 6.32. The van der Waals surface area contributed by atoms with Crippen LogP contribution in [0.1, 0.15) is 24.2 Å². The first kappa shape index (κ1) is 22.5. The molecule has 1 fully saturated rings. The van der Waals surface area contributed by atoms with Crippen molar-refractivity contribution in [3.63, 3.8) is 0 Å². The van der Waals surface area contributed by atoms with Crippen LogP contribution in [0.2, 0.25) is 0 Å². The molecule has 2 aromatic carbocycles. The highest BCUT2D eigenvalue weighted by molar-refractivity contribution is 7.22. The molecule has 0 unspecified atom stereocenters. The summed E-state index contributed by atoms with van der Waals surface area (Å²) in [7, 11) is 0. The fourth-order valence-corrected chi connectivity index (χ4v) is 4.61. The second kappa shape index (κ2) is 9.41. The normalized spacial score (nSPS) is 13.8. The highest BCUT2D eigenvalue weighted by atomic mass is 32.1. The number of carbonyl (C=O) groups is 2. The van der Waals surface area contributed by atoms with Gasteiger partial charge in [0, 0.05) is 44.7 Å². The maximum Gasteiger partial charge on any atom is 0.293 e. The first-order valence-corrected chi connectivity index (χ1v) is 11.3. The van der Waals surface area contributed by atoms with Gasteiger partial charge in [-0.25, -0.2) is 4.98 Å². The Bertz CT molecular complexity index is 1220. The van der Waals surface area contributed by atoms with Crippen LogP contribution < -0.4 is 15.0 Å². The van der Waals surface area contributed by atoms with Crippen molar-refractivity contribution in [2.75, 3.05) is 43.0 Å². The molecule has 1 saturated heterocycles. The first-order valence-electron chi connectivity index (χ1n) is 10.5. The highest BCUT2D eigenvalue weighted by Gasteiger charge is 2.26. The van der Waals surface area contributed by atoms with Gasteiger partial charge in [-0.3, -0.25) is 25.0 Å². The lowest BCUT2D eigenvalue weighted by Gasteiger charge is -2.35. The van der Waals surface area contributed by atoms with Crippen molar-refractivity contribution < 1.29 is 19.2 Å². The van der Waals surface area contributed by atoms with Crippen molar-refractivity contribution in [1.29, 1.82) is 0 Å². The highest BCUT2D eigenvalue weighted by Crippen LogP contribution is 2.32. The topological polar surface area (TPSA) is 118 Å². The van der Waals surface area contributed by atoms with Gasteiger partial charge in [0.1, 0.15) is 11.4 Å². The average molecular weight is 470 g/mol. The number of fused-ring (bicyclic) bond motifs is 1. The van der Waals surface area contributed by atoms with E-state index in [0.717, 1.165) is 16.0 Å². The Kier molecular flexibility index (Phi) is 6.40. The van der Waals surface area contributed by atoms with Crippen LogP contribution in [0.5, 0.6) is 5.75 Å². The van der Waals surface area contributed by atoms with Crippen molar-refractivity contribution >= 4 is 49.9 Å². The Labute approximate surface area is 193 Å². The minimum absolute atomic E-state index is 0.0138. The van der Waals surface area contributed by atoms with Crippen LogP contribution in [0.15, 0.2) is 36.4 Å². The molecule has 0 atom stereocenters. The van der Waals surface area contributed by atoms with Gasteiger partial charge in [0.05, 0.1) is 21.7 Å². The monoisotopic (exact) mass is 469 g/mol. The summed E-state index contributed by atoms with van der Waals surface area (Å²) < 4.78 is 6.36. The van der Waals surface area contributed by atoms with E-state index in [1.54, 1.807) is 17.0 Å². The van der Waals surface area contributed by atoms with E-state index in [1.807, 2.05) is 30.0 Å². The van der Waals surface area contributed by atoms with Crippen LogP contribution in [-0.4, -0.2) is 59.4 Å². The standard InChI is InChI=1S/C22H23N5O5S/c1-3-32-16-5-6-17-20(13-16)33-22(23-17)24-21(29)15-4-7-18(19(12-15)27(30)31)26-10-8-25(9-11-26)14(2)28/h4-7,12-13H,3,8-11H2,1-2H3,(H,23,24,29). The smallest absolute Gasteiger partial charge is 0.293 e. The van der Waals surface area contributed by atoms with Crippen LogP contribution >= 0.6 is 11.3 Å². The Morgan fingerprint density at radius 1 is 1.18 bits per heavy atom. The Morgan fingerprint density at radius 3 is 2.61 bits per heavy atom. The van der Waals surface area contributed by atoms with E-state index in [4.69, 9.17) is 4.74 Å². The maximum absolute atomic E-state index is 12.8. The number of nitrogens with one attached hydrogen (secondary N) is 1. The molecule has 0 radical (unpaired) electrons. The number of piperazine rings is 1. The fraction of sp³-hybridized carbons (Fsp3) is 0.318. The summed E-state index contributed by atoms with van der Waals surface area (Å²) in [5.41, 5.74) is 1.18. The van der Waals surface area contributed by atoms with Crippen LogP contribution in [0.25, 0.3) is 10.2 Å². The molecule has 33 heavy (non-hydrogen) atoms. The van der Waals surface area contributed by atoms with E-state index >= 15 is 0 Å². The number of carbonyl (C=O) groups excluding carboxylic acids is 2. The largest absolute Gasteiger partial charge is 0.494 e. The van der Waals surface area contributed by atoms with Crippen molar-refractivity contribution in [3.8, 4) is 5.75 Å². The molecule has 4 rings (SSSR count). The van der Waals surface area contributed by atoms with Gasteiger partial charge in [-0.15, -0.1) is 0 Å². The van der Waals surface area contributed by atoms with E-state index in [0.29, 0.717) is 43.6 Å². The molecule has 1 aliphatic rings. The third-order valence-electron chi connectivity index (χ3n) is 5.39. The SMILES string of the molecule is CCOc1ccc2nc(NC(=O)c3ccc(N4CCN(C(C)=O)CC4)c([N+](=O)[O-])c3)sc2c1. The molecule has 2 heterocycles. The number of nitrogens with zero attached hydrogens (tertiary/aromatic N) is 4. The molecule has 3 aromatic rings. The lowest BCUT2D eigenvalue weighted by atomic mass is 10.1. The number of hydrogen-bond acceptors (Lipinski definition) is 8. The molecule has 0 bridgehead atoms. The summed E-state index contributed by atoms with van der Waals surface area (Å²) in [5, 5.41) is 14.9. The number of ether oxygens (including phenoxy) is 1. The van der Waals surface area contributed by atoms with Gasteiger partial charge in [-0.1, -0.05) is 11.3 Å². The minimum atomic E-state index is -0.490. The number of hydrogen-bond donors (Lipinski definition) is 1. The predicted octanol–water partition coefficient (Wildman–Crippen LogP) is 3.52. The summed E-state index contributed by atoms with van der Waals surface area (Å²) in [5.74, 6) is 0.233.